The average molecular weight is 361 g/mol. The van der Waals surface area contributed by atoms with Gasteiger partial charge in [0.15, 0.2) is 5.41 Å². The molecule has 0 aliphatic carbocycles. The first kappa shape index (κ1) is 17.6. The molecule has 0 amide bonds. The van der Waals surface area contributed by atoms with E-state index < -0.39 is 36.5 Å². The maximum atomic E-state index is 12.2. The number of benzene rings is 1. The average Bonchev–Trinajstić information content (AvgIpc) is 2.45. The Morgan fingerprint density at radius 3 is 2.33 bits per heavy atom. The number of hydrogen-bond acceptors (Lipinski definition) is 5. The van der Waals surface area contributed by atoms with E-state index in [4.69, 9.17) is 9.84 Å². The highest BCUT2D eigenvalue weighted by Gasteiger charge is 2.50. The molecule has 0 aromatic heterocycles. The summed E-state index contributed by atoms with van der Waals surface area (Å²) in [5.41, 5.74) is -1.87. The summed E-state index contributed by atoms with van der Waals surface area (Å²) in [6.45, 7) is 0.930. The van der Waals surface area contributed by atoms with Gasteiger partial charge in [-0.25, -0.2) is 0 Å². The van der Waals surface area contributed by atoms with E-state index in [0.717, 1.165) is 4.47 Å². The molecule has 0 heterocycles. The van der Waals surface area contributed by atoms with Crippen molar-refractivity contribution in [3.05, 3.63) is 34.3 Å². The van der Waals surface area contributed by atoms with Crippen LogP contribution in [0.15, 0.2) is 28.7 Å². The summed E-state index contributed by atoms with van der Waals surface area (Å²) in [7, 11) is 0. The predicted molar refractivity (Wildman–Crippen MR) is 77.8 cm³/mol. The molecule has 1 rings (SSSR count). The molecule has 7 heteroatoms. The molecule has 0 aliphatic heterocycles. The van der Waals surface area contributed by atoms with Gasteiger partial charge in [0.2, 0.25) is 0 Å². The van der Waals surface area contributed by atoms with Crippen molar-refractivity contribution in [1.29, 1.82) is 0 Å². The summed E-state index contributed by atoms with van der Waals surface area (Å²) >= 11 is 3.23. The van der Waals surface area contributed by atoms with Crippen molar-refractivity contribution in [3.8, 4) is 0 Å². The highest BCUT2D eigenvalue weighted by molar-refractivity contribution is 9.10. The molecule has 3 N–H and O–H groups in total. The second kappa shape index (κ2) is 7.53. The van der Waals surface area contributed by atoms with Crippen molar-refractivity contribution >= 4 is 27.9 Å². The van der Waals surface area contributed by atoms with Crippen molar-refractivity contribution in [2.75, 3.05) is 13.2 Å². The lowest BCUT2D eigenvalue weighted by molar-refractivity contribution is -0.163. The minimum absolute atomic E-state index is 0.0135. The summed E-state index contributed by atoms with van der Waals surface area (Å²) in [4.78, 5) is 24.0. The molecule has 1 aromatic rings. The van der Waals surface area contributed by atoms with E-state index in [0.29, 0.717) is 0 Å². The summed E-state index contributed by atoms with van der Waals surface area (Å²) in [6, 6.07) is 6.13. The van der Waals surface area contributed by atoms with Crippen LogP contribution >= 0.6 is 15.9 Å². The molecular weight excluding hydrogens is 344 g/mol. The highest BCUT2D eigenvalue weighted by Crippen LogP contribution is 2.33. The van der Waals surface area contributed by atoms with Crippen LogP contribution in [0.1, 0.15) is 18.9 Å². The third kappa shape index (κ3) is 3.81. The second-order valence-corrected chi connectivity index (χ2v) is 5.39. The van der Waals surface area contributed by atoms with Crippen molar-refractivity contribution in [2.45, 2.75) is 24.9 Å². The number of carboxylic acids is 1. The van der Waals surface area contributed by atoms with E-state index in [9.17, 15) is 19.8 Å². The largest absolute Gasteiger partial charge is 0.480 e. The Morgan fingerprint density at radius 1 is 1.33 bits per heavy atom. The first-order chi connectivity index (χ1) is 9.88. The molecule has 1 aromatic carbocycles. The Balaban J connectivity index is 3.39. The fraction of sp³-hybridized carbons (Fsp3) is 0.429. The van der Waals surface area contributed by atoms with E-state index in [1.807, 2.05) is 0 Å². The fourth-order valence-corrected chi connectivity index (χ4v) is 2.29. The number of aliphatic carboxylic acids is 1. The lowest BCUT2D eigenvalue weighted by atomic mass is 9.76. The van der Waals surface area contributed by atoms with Crippen LogP contribution in [0, 0.1) is 0 Å². The number of aliphatic hydroxyl groups is 2. The van der Waals surface area contributed by atoms with Gasteiger partial charge in [-0.1, -0.05) is 28.1 Å². The van der Waals surface area contributed by atoms with Crippen LogP contribution in [0.2, 0.25) is 0 Å². The van der Waals surface area contributed by atoms with Crippen LogP contribution in [0.25, 0.3) is 0 Å². The van der Waals surface area contributed by atoms with Crippen LogP contribution in [0.4, 0.5) is 0 Å². The van der Waals surface area contributed by atoms with Crippen LogP contribution in [-0.2, 0) is 19.7 Å². The number of hydrogen-bond donors (Lipinski definition) is 3. The number of aliphatic hydroxyl groups excluding tert-OH is 2. The lowest BCUT2D eigenvalue weighted by Gasteiger charge is -2.29. The van der Waals surface area contributed by atoms with Gasteiger partial charge in [-0.3, -0.25) is 9.59 Å². The number of carbonyl (C=O) groups excluding carboxylic acids is 1. The Hall–Kier alpha value is -1.44. The zero-order valence-corrected chi connectivity index (χ0v) is 13.0. The second-order valence-electron chi connectivity index (χ2n) is 4.48. The summed E-state index contributed by atoms with van der Waals surface area (Å²) in [5.74, 6) is -2.40. The summed E-state index contributed by atoms with van der Waals surface area (Å²) in [5, 5.41) is 28.2. The third-order valence-corrected chi connectivity index (χ3v) is 3.61. The van der Waals surface area contributed by atoms with E-state index in [2.05, 4.69) is 15.9 Å². The van der Waals surface area contributed by atoms with Crippen molar-refractivity contribution in [3.63, 3.8) is 0 Å². The van der Waals surface area contributed by atoms with Gasteiger partial charge in [0.1, 0.15) is 0 Å². The van der Waals surface area contributed by atoms with E-state index in [1.165, 1.54) is 12.1 Å². The van der Waals surface area contributed by atoms with Gasteiger partial charge in [-0.05, 0) is 24.6 Å². The molecule has 0 aliphatic rings. The molecule has 21 heavy (non-hydrogen) atoms. The molecule has 2 atom stereocenters. The van der Waals surface area contributed by atoms with Gasteiger partial charge in [0.25, 0.3) is 0 Å². The van der Waals surface area contributed by atoms with Crippen LogP contribution in [-0.4, -0.2) is 46.6 Å². The highest BCUT2D eigenvalue weighted by atomic mass is 79.9. The number of halogens is 1. The lowest BCUT2D eigenvalue weighted by Crippen LogP contribution is -2.48. The molecule has 0 saturated carbocycles. The van der Waals surface area contributed by atoms with Gasteiger partial charge in [0, 0.05) is 10.9 Å². The molecule has 2 unspecified atom stereocenters. The first-order valence-corrected chi connectivity index (χ1v) is 7.13. The van der Waals surface area contributed by atoms with Crippen molar-refractivity contribution < 1.29 is 29.6 Å². The van der Waals surface area contributed by atoms with Crippen LogP contribution < -0.4 is 0 Å². The van der Waals surface area contributed by atoms with Gasteiger partial charge >= 0.3 is 11.9 Å². The molecular formula is C14H17BrO6. The first-order valence-electron chi connectivity index (χ1n) is 6.34. The normalized spacial score (nSPS) is 15.0. The monoisotopic (exact) mass is 360 g/mol. The molecule has 0 spiro atoms. The Kier molecular flexibility index (Phi) is 6.32. The van der Waals surface area contributed by atoms with Crippen molar-refractivity contribution in [2.24, 2.45) is 0 Å². The molecule has 0 radical (unpaired) electrons. The number of esters is 1. The zero-order chi connectivity index (χ0) is 16.0. The quantitative estimate of drug-likeness (QED) is 0.496. The SMILES string of the molecule is CCOC(=O)C(CC(O)CO)(C(=O)O)c1ccc(Br)cc1. The standard InChI is InChI=1S/C14H17BrO6/c1-2-21-13(20)14(12(18)19,7-11(17)8-16)9-3-5-10(15)6-4-9/h3-6,11,16-17H,2,7-8H2,1H3,(H,18,19). The minimum Gasteiger partial charge on any atom is -0.480 e. The number of ether oxygens (including phenoxy) is 1. The van der Waals surface area contributed by atoms with Crippen molar-refractivity contribution in [1.82, 2.24) is 0 Å². The minimum atomic E-state index is -2.06. The molecule has 6 nitrogen and oxygen atoms in total. The number of rotatable bonds is 7. The topological polar surface area (TPSA) is 104 Å². The number of carboxylic acid groups (broad SMARTS) is 1. The van der Waals surface area contributed by atoms with E-state index in [1.54, 1.807) is 19.1 Å². The fourth-order valence-electron chi connectivity index (χ4n) is 2.02. The molecule has 0 saturated heterocycles. The van der Waals surface area contributed by atoms with Crippen LogP contribution in [0.5, 0.6) is 0 Å². The smallest absolute Gasteiger partial charge is 0.328 e. The zero-order valence-electron chi connectivity index (χ0n) is 11.5. The van der Waals surface area contributed by atoms with Crippen LogP contribution in [0.3, 0.4) is 0 Å². The molecule has 116 valence electrons. The summed E-state index contributed by atoms with van der Waals surface area (Å²) in [6.07, 6.45) is -1.83. The third-order valence-electron chi connectivity index (χ3n) is 3.08. The maximum absolute atomic E-state index is 12.2. The van der Waals surface area contributed by atoms with Gasteiger partial charge < -0.3 is 20.1 Å². The Morgan fingerprint density at radius 2 is 1.90 bits per heavy atom. The number of carbonyl (C=O) groups is 2. The van der Waals surface area contributed by atoms with Gasteiger partial charge in [0.05, 0.1) is 19.3 Å². The molecule has 0 bridgehead atoms. The van der Waals surface area contributed by atoms with E-state index >= 15 is 0 Å². The Labute approximate surface area is 130 Å². The predicted octanol–water partition coefficient (Wildman–Crippen LogP) is 1.08. The molecule has 0 fully saturated rings. The maximum Gasteiger partial charge on any atom is 0.328 e. The van der Waals surface area contributed by atoms with Gasteiger partial charge in [-0.15, -0.1) is 0 Å². The van der Waals surface area contributed by atoms with Gasteiger partial charge in [-0.2, -0.15) is 0 Å². The van der Waals surface area contributed by atoms with E-state index in [-0.39, 0.29) is 12.2 Å². The Bertz CT molecular complexity index is 501. The summed E-state index contributed by atoms with van der Waals surface area (Å²) < 4.78 is 5.59.